The minimum Gasteiger partial charge on any atom is -0.469 e. The molecule has 4 heteroatoms. The standard InChI is InChI=1S/C17H26N2O2/c1-4-19-11-10-18(12-14(19)2)13-16(17(20)21-3)15-8-6-5-7-9-15/h5-9,14,16H,4,10-13H2,1-3H3. The highest BCUT2D eigenvalue weighted by Crippen LogP contribution is 2.20. The molecule has 1 aliphatic heterocycles. The minimum absolute atomic E-state index is 0.147. The Kier molecular flexibility index (Phi) is 5.76. The van der Waals surface area contributed by atoms with Crippen molar-refractivity contribution >= 4 is 5.97 Å². The summed E-state index contributed by atoms with van der Waals surface area (Å²) >= 11 is 0. The molecule has 0 saturated carbocycles. The first kappa shape index (κ1) is 16.0. The summed E-state index contributed by atoms with van der Waals surface area (Å²) < 4.78 is 5.00. The summed E-state index contributed by atoms with van der Waals surface area (Å²) in [4.78, 5) is 17.0. The molecule has 2 rings (SSSR count). The third kappa shape index (κ3) is 4.05. The largest absolute Gasteiger partial charge is 0.469 e. The van der Waals surface area contributed by atoms with Gasteiger partial charge in [-0.05, 0) is 19.0 Å². The molecule has 116 valence electrons. The number of hydrogen-bond acceptors (Lipinski definition) is 4. The van der Waals surface area contributed by atoms with Crippen LogP contribution in [0.3, 0.4) is 0 Å². The topological polar surface area (TPSA) is 32.8 Å². The van der Waals surface area contributed by atoms with Gasteiger partial charge in [0.15, 0.2) is 0 Å². The first-order chi connectivity index (χ1) is 10.2. The zero-order valence-corrected chi connectivity index (χ0v) is 13.3. The fourth-order valence-corrected chi connectivity index (χ4v) is 3.11. The molecule has 1 heterocycles. The molecule has 0 aliphatic carbocycles. The smallest absolute Gasteiger partial charge is 0.314 e. The van der Waals surface area contributed by atoms with Gasteiger partial charge in [-0.25, -0.2) is 0 Å². The highest BCUT2D eigenvalue weighted by molar-refractivity contribution is 5.78. The molecule has 0 aromatic heterocycles. The van der Waals surface area contributed by atoms with E-state index in [-0.39, 0.29) is 11.9 Å². The molecule has 1 aliphatic rings. The summed E-state index contributed by atoms with van der Waals surface area (Å²) in [5.74, 6) is -0.344. The molecule has 2 unspecified atom stereocenters. The Balaban J connectivity index is 2.05. The molecule has 0 amide bonds. The summed E-state index contributed by atoms with van der Waals surface area (Å²) in [7, 11) is 1.47. The second-order valence-electron chi connectivity index (χ2n) is 5.72. The zero-order chi connectivity index (χ0) is 15.2. The van der Waals surface area contributed by atoms with Gasteiger partial charge in [-0.15, -0.1) is 0 Å². The summed E-state index contributed by atoms with van der Waals surface area (Å²) in [5, 5.41) is 0. The number of likely N-dealkylation sites (N-methyl/N-ethyl adjacent to an activating group) is 1. The van der Waals surface area contributed by atoms with Crippen molar-refractivity contribution in [2.75, 3.05) is 39.8 Å². The fourth-order valence-electron chi connectivity index (χ4n) is 3.11. The molecule has 1 aromatic carbocycles. The van der Waals surface area contributed by atoms with Crippen LogP contribution in [0.4, 0.5) is 0 Å². The highest BCUT2D eigenvalue weighted by Gasteiger charge is 2.28. The van der Waals surface area contributed by atoms with Gasteiger partial charge < -0.3 is 4.74 Å². The third-order valence-electron chi connectivity index (χ3n) is 4.38. The lowest BCUT2D eigenvalue weighted by Crippen LogP contribution is -2.52. The van der Waals surface area contributed by atoms with Crippen molar-refractivity contribution in [2.24, 2.45) is 0 Å². The Hall–Kier alpha value is -1.39. The highest BCUT2D eigenvalue weighted by atomic mass is 16.5. The van der Waals surface area contributed by atoms with Gasteiger partial charge >= 0.3 is 5.97 Å². The van der Waals surface area contributed by atoms with E-state index in [9.17, 15) is 4.79 Å². The number of nitrogens with zero attached hydrogens (tertiary/aromatic N) is 2. The van der Waals surface area contributed by atoms with Crippen molar-refractivity contribution in [3.8, 4) is 0 Å². The number of carbonyl (C=O) groups excluding carboxylic acids is 1. The van der Waals surface area contributed by atoms with Gasteiger partial charge in [0.05, 0.1) is 13.0 Å². The lowest BCUT2D eigenvalue weighted by Gasteiger charge is -2.40. The van der Waals surface area contributed by atoms with Crippen LogP contribution in [0, 0.1) is 0 Å². The molecule has 1 aromatic rings. The van der Waals surface area contributed by atoms with Crippen molar-refractivity contribution in [1.82, 2.24) is 9.80 Å². The lowest BCUT2D eigenvalue weighted by molar-refractivity contribution is -0.143. The maximum absolute atomic E-state index is 12.1. The van der Waals surface area contributed by atoms with Gasteiger partial charge in [0.2, 0.25) is 0 Å². The minimum atomic E-state index is -0.198. The van der Waals surface area contributed by atoms with Crippen LogP contribution in [0.15, 0.2) is 30.3 Å². The third-order valence-corrected chi connectivity index (χ3v) is 4.38. The van der Waals surface area contributed by atoms with Crippen LogP contribution in [-0.4, -0.2) is 61.6 Å². The molecule has 2 atom stereocenters. The van der Waals surface area contributed by atoms with E-state index < -0.39 is 0 Å². The van der Waals surface area contributed by atoms with Crippen LogP contribution in [0.2, 0.25) is 0 Å². The lowest BCUT2D eigenvalue weighted by atomic mass is 9.98. The van der Waals surface area contributed by atoms with Crippen molar-refractivity contribution in [2.45, 2.75) is 25.8 Å². The SMILES string of the molecule is CCN1CCN(CC(C(=O)OC)c2ccccc2)CC1C. The molecule has 21 heavy (non-hydrogen) atoms. The summed E-state index contributed by atoms with van der Waals surface area (Å²) in [5.41, 5.74) is 1.04. The van der Waals surface area contributed by atoms with E-state index in [2.05, 4.69) is 23.6 Å². The van der Waals surface area contributed by atoms with E-state index >= 15 is 0 Å². The summed E-state index contributed by atoms with van der Waals surface area (Å²) in [6.07, 6.45) is 0. The molecule has 0 bridgehead atoms. The van der Waals surface area contributed by atoms with Crippen LogP contribution in [0.5, 0.6) is 0 Å². The number of esters is 1. The molecule has 4 nitrogen and oxygen atoms in total. The van der Waals surface area contributed by atoms with E-state index in [0.717, 1.165) is 38.3 Å². The van der Waals surface area contributed by atoms with Crippen molar-refractivity contribution in [1.29, 1.82) is 0 Å². The van der Waals surface area contributed by atoms with E-state index in [0.29, 0.717) is 6.04 Å². The summed E-state index contributed by atoms with van der Waals surface area (Å²) in [6, 6.07) is 10.5. The van der Waals surface area contributed by atoms with Crippen LogP contribution >= 0.6 is 0 Å². The normalized spacial score (nSPS) is 22.0. The van der Waals surface area contributed by atoms with Gasteiger partial charge in [-0.2, -0.15) is 0 Å². The Labute approximate surface area is 127 Å². The number of hydrogen-bond donors (Lipinski definition) is 0. The molecular formula is C17H26N2O2. The monoisotopic (exact) mass is 290 g/mol. The molecular weight excluding hydrogens is 264 g/mol. The van der Waals surface area contributed by atoms with Gasteiger partial charge in [0, 0.05) is 32.2 Å². The first-order valence-corrected chi connectivity index (χ1v) is 7.74. The van der Waals surface area contributed by atoms with Gasteiger partial charge in [-0.1, -0.05) is 37.3 Å². The van der Waals surface area contributed by atoms with Crippen LogP contribution < -0.4 is 0 Å². The average molecular weight is 290 g/mol. The second kappa shape index (κ2) is 7.57. The molecule has 0 N–H and O–H groups in total. The van der Waals surface area contributed by atoms with Gasteiger partial charge in [0.1, 0.15) is 0 Å². The van der Waals surface area contributed by atoms with Crippen molar-refractivity contribution < 1.29 is 9.53 Å². The predicted molar refractivity (Wildman–Crippen MR) is 84.3 cm³/mol. The molecule has 1 saturated heterocycles. The van der Waals surface area contributed by atoms with Crippen LogP contribution in [-0.2, 0) is 9.53 Å². The predicted octanol–water partition coefficient (Wildman–Crippen LogP) is 1.97. The number of ether oxygens (including phenoxy) is 1. The Bertz CT molecular complexity index is 449. The Morgan fingerprint density at radius 1 is 1.33 bits per heavy atom. The van der Waals surface area contributed by atoms with E-state index in [1.54, 1.807) is 0 Å². The van der Waals surface area contributed by atoms with Gasteiger partial charge in [0.25, 0.3) is 0 Å². The number of benzene rings is 1. The molecule has 0 radical (unpaired) electrons. The molecule has 1 fully saturated rings. The van der Waals surface area contributed by atoms with E-state index in [1.807, 2.05) is 30.3 Å². The number of piperazine rings is 1. The maximum Gasteiger partial charge on any atom is 0.314 e. The molecule has 0 spiro atoms. The number of methoxy groups -OCH3 is 1. The Morgan fingerprint density at radius 2 is 2.05 bits per heavy atom. The van der Waals surface area contributed by atoms with E-state index in [4.69, 9.17) is 4.74 Å². The van der Waals surface area contributed by atoms with Gasteiger partial charge in [-0.3, -0.25) is 14.6 Å². The maximum atomic E-state index is 12.1. The first-order valence-electron chi connectivity index (χ1n) is 7.74. The van der Waals surface area contributed by atoms with E-state index in [1.165, 1.54) is 7.11 Å². The second-order valence-corrected chi connectivity index (χ2v) is 5.72. The zero-order valence-electron chi connectivity index (χ0n) is 13.3. The van der Waals surface area contributed by atoms with Crippen molar-refractivity contribution in [3.05, 3.63) is 35.9 Å². The summed E-state index contributed by atoms with van der Waals surface area (Å²) in [6.45, 7) is 9.37. The van der Waals surface area contributed by atoms with Crippen molar-refractivity contribution in [3.63, 3.8) is 0 Å². The number of rotatable bonds is 5. The van der Waals surface area contributed by atoms with Crippen LogP contribution in [0.25, 0.3) is 0 Å². The average Bonchev–Trinajstić information content (AvgIpc) is 2.53. The fraction of sp³-hybridized carbons (Fsp3) is 0.588. The van der Waals surface area contributed by atoms with Crippen LogP contribution in [0.1, 0.15) is 25.3 Å². The Morgan fingerprint density at radius 3 is 2.62 bits per heavy atom. The quantitative estimate of drug-likeness (QED) is 0.776. The number of carbonyl (C=O) groups is 1.